The van der Waals surface area contributed by atoms with E-state index in [1.165, 1.54) is 5.56 Å². The number of benzene rings is 3. The predicted octanol–water partition coefficient (Wildman–Crippen LogP) is 5.90. The molecule has 0 bridgehead atoms. The van der Waals surface area contributed by atoms with Gasteiger partial charge in [0.25, 0.3) is 5.78 Å². The van der Waals surface area contributed by atoms with E-state index in [0.717, 1.165) is 66.0 Å². The van der Waals surface area contributed by atoms with Crippen LogP contribution < -0.4 is 4.74 Å². The van der Waals surface area contributed by atoms with E-state index in [0.29, 0.717) is 12.2 Å². The molecular formula is C34H38O7. The second-order valence-corrected chi connectivity index (χ2v) is 9.60. The monoisotopic (exact) mass is 558 g/mol. The molecule has 0 saturated heterocycles. The van der Waals surface area contributed by atoms with E-state index in [9.17, 15) is 14.4 Å². The third-order valence-electron chi connectivity index (χ3n) is 6.57. The Morgan fingerprint density at radius 2 is 1.39 bits per heavy atom. The Labute approximate surface area is 241 Å². The summed E-state index contributed by atoms with van der Waals surface area (Å²) in [4.78, 5) is 33.7. The summed E-state index contributed by atoms with van der Waals surface area (Å²) in [6.45, 7) is 5.27. The Hall–Kier alpha value is -4.23. The highest BCUT2D eigenvalue weighted by molar-refractivity contribution is 6.34. The van der Waals surface area contributed by atoms with Crippen LogP contribution in [0.25, 0.3) is 22.3 Å². The SMILES string of the molecule is C=CC(=O)OCCOc1ccc(-c2ccc(CCCCOC(=O)C(=O)CO)cc2)c(-c2ccc(CCCC)cc2)c1. The molecule has 7 nitrogen and oxygen atoms in total. The highest BCUT2D eigenvalue weighted by Crippen LogP contribution is 2.35. The van der Waals surface area contributed by atoms with Crippen molar-refractivity contribution in [3.05, 3.63) is 90.5 Å². The van der Waals surface area contributed by atoms with E-state index in [-0.39, 0.29) is 19.8 Å². The topological polar surface area (TPSA) is 99.1 Å². The summed E-state index contributed by atoms with van der Waals surface area (Å²) in [7, 11) is 0. The van der Waals surface area contributed by atoms with Gasteiger partial charge >= 0.3 is 11.9 Å². The zero-order valence-electron chi connectivity index (χ0n) is 23.6. The molecule has 41 heavy (non-hydrogen) atoms. The molecule has 7 heteroatoms. The summed E-state index contributed by atoms with van der Waals surface area (Å²) in [5.74, 6) is -1.71. The van der Waals surface area contributed by atoms with Crippen molar-refractivity contribution >= 4 is 17.7 Å². The van der Waals surface area contributed by atoms with Crippen molar-refractivity contribution in [2.45, 2.75) is 45.4 Å². The van der Waals surface area contributed by atoms with Crippen molar-refractivity contribution in [3.8, 4) is 28.0 Å². The molecule has 0 aliphatic rings. The molecular weight excluding hydrogens is 520 g/mol. The van der Waals surface area contributed by atoms with E-state index in [2.05, 4.69) is 62.0 Å². The maximum atomic E-state index is 11.3. The minimum Gasteiger partial charge on any atom is -0.490 e. The number of Topliss-reactive ketones (excluding diaryl/α,β-unsaturated/α-hetero) is 1. The first-order valence-electron chi connectivity index (χ1n) is 14.0. The van der Waals surface area contributed by atoms with Gasteiger partial charge in [0.1, 0.15) is 25.6 Å². The molecule has 0 aliphatic heterocycles. The number of carbonyl (C=O) groups is 3. The summed E-state index contributed by atoms with van der Waals surface area (Å²) < 4.78 is 15.8. The normalized spacial score (nSPS) is 10.6. The van der Waals surface area contributed by atoms with Gasteiger partial charge in [-0.15, -0.1) is 0 Å². The summed E-state index contributed by atoms with van der Waals surface area (Å²) in [5.41, 5.74) is 6.74. The first-order valence-corrected chi connectivity index (χ1v) is 14.0. The van der Waals surface area contributed by atoms with Crippen molar-refractivity contribution < 1.29 is 33.7 Å². The smallest absolute Gasteiger partial charge is 0.377 e. The van der Waals surface area contributed by atoms with Gasteiger partial charge in [0.15, 0.2) is 0 Å². The molecule has 0 atom stereocenters. The molecule has 3 rings (SSSR count). The van der Waals surface area contributed by atoms with Gasteiger partial charge in [-0.25, -0.2) is 9.59 Å². The lowest BCUT2D eigenvalue weighted by atomic mass is 9.92. The number of aliphatic hydroxyl groups excluding tert-OH is 1. The number of carbonyl (C=O) groups excluding carboxylic acids is 3. The van der Waals surface area contributed by atoms with Crippen molar-refractivity contribution in [2.24, 2.45) is 0 Å². The molecule has 3 aromatic carbocycles. The Kier molecular flexibility index (Phi) is 12.8. The van der Waals surface area contributed by atoms with Crippen LogP contribution in [-0.4, -0.2) is 49.3 Å². The lowest BCUT2D eigenvalue weighted by molar-refractivity contribution is -0.155. The Morgan fingerprint density at radius 3 is 2.00 bits per heavy atom. The van der Waals surface area contributed by atoms with E-state index in [1.54, 1.807) is 0 Å². The van der Waals surface area contributed by atoms with Crippen molar-refractivity contribution in [1.29, 1.82) is 0 Å². The fourth-order valence-electron chi connectivity index (χ4n) is 4.29. The van der Waals surface area contributed by atoms with Crippen LogP contribution in [0.15, 0.2) is 79.4 Å². The maximum absolute atomic E-state index is 11.3. The van der Waals surface area contributed by atoms with Crippen molar-refractivity contribution in [3.63, 3.8) is 0 Å². The zero-order valence-corrected chi connectivity index (χ0v) is 23.6. The number of unbranched alkanes of at least 4 members (excludes halogenated alkanes) is 2. The van der Waals surface area contributed by atoms with Crippen LogP contribution in [0.4, 0.5) is 0 Å². The second-order valence-electron chi connectivity index (χ2n) is 9.60. The number of aryl methyl sites for hydroxylation is 2. The average Bonchev–Trinajstić information content (AvgIpc) is 3.01. The molecule has 216 valence electrons. The van der Waals surface area contributed by atoms with Crippen LogP contribution in [0.3, 0.4) is 0 Å². The van der Waals surface area contributed by atoms with E-state index in [1.807, 2.05) is 18.2 Å². The zero-order chi connectivity index (χ0) is 29.5. The largest absolute Gasteiger partial charge is 0.490 e. The van der Waals surface area contributed by atoms with Crippen LogP contribution in [0.2, 0.25) is 0 Å². The summed E-state index contributed by atoms with van der Waals surface area (Å²) in [6.07, 6.45) is 6.72. The van der Waals surface area contributed by atoms with Gasteiger partial charge in [-0.1, -0.05) is 74.5 Å². The van der Waals surface area contributed by atoms with Crippen LogP contribution in [0.1, 0.15) is 43.7 Å². The van der Waals surface area contributed by atoms with Crippen LogP contribution in [0.5, 0.6) is 5.75 Å². The number of esters is 2. The fraction of sp³-hybridized carbons (Fsp3) is 0.324. The molecule has 0 aliphatic carbocycles. The Balaban J connectivity index is 1.71. The van der Waals surface area contributed by atoms with E-state index in [4.69, 9.17) is 19.3 Å². The van der Waals surface area contributed by atoms with Crippen molar-refractivity contribution in [2.75, 3.05) is 26.4 Å². The third kappa shape index (κ3) is 10.0. The molecule has 0 radical (unpaired) electrons. The van der Waals surface area contributed by atoms with Crippen LogP contribution in [-0.2, 0) is 36.7 Å². The number of aliphatic hydroxyl groups is 1. The number of hydrogen-bond acceptors (Lipinski definition) is 7. The molecule has 0 heterocycles. The second kappa shape index (κ2) is 16.8. The lowest BCUT2D eigenvalue weighted by Crippen LogP contribution is -2.21. The van der Waals surface area contributed by atoms with Crippen LogP contribution in [0, 0.1) is 0 Å². The molecule has 3 aromatic rings. The molecule has 0 amide bonds. The highest BCUT2D eigenvalue weighted by atomic mass is 16.6. The van der Waals surface area contributed by atoms with Gasteiger partial charge in [-0.3, -0.25) is 4.79 Å². The summed E-state index contributed by atoms with van der Waals surface area (Å²) >= 11 is 0. The van der Waals surface area contributed by atoms with E-state index >= 15 is 0 Å². The highest BCUT2D eigenvalue weighted by Gasteiger charge is 2.13. The quantitative estimate of drug-likeness (QED) is 0.0953. The number of ether oxygens (including phenoxy) is 3. The Bertz CT molecular complexity index is 1290. The molecule has 1 N–H and O–H groups in total. The maximum Gasteiger partial charge on any atom is 0.377 e. The molecule has 0 unspecified atom stereocenters. The van der Waals surface area contributed by atoms with Gasteiger partial charge in [0, 0.05) is 6.08 Å². The van der Waals surface area contributed by atoms with Crippen molar-refractivity contribution in [1.82, 2.24) is 0 Å². The predicted molar refractivity (Wildman–Crippen MR) is 159 cm³/mol. The molecule has 0 aromatic heterocycles. The first-order chi connectivity index (χ1) is 19.9. The summed E-state index contributed by atoms with van der Waals surface area (Å²) in [6, 6.07) is 23.0. The molecule has 0 saturated carbocycles. The fourth-order valence-corrected chi connectivity index (χ4v) is 4.29. The third-order valence-corrected chi connectivity index (χ3v) is 6.57. The average molecular weight is 559 g/mol. The number of hydrogen-bond donors (Lipinski definition) is 1. The molecule has 0 spiro atoms. The first kappa shape index (κ1) is 31.3. The molecule has 0 fully saturated rings. The standard InChI is InChI=1S/C34H38O7/c1-3-5-8-25-12-16-28(17-13-25)31-23-29(39-21-22-40-33(37)4-2)18-19-30(31)27-14-10-26(11-15-27)9-6-7-20-41-34(38)32(36)24-35/h4,10-19,23,35H,2-3,5-9,20-22,24H2,1H3. The lowest BCUT2D eigenvalue weighted by Gasteiger charge is -2.15. The van der Waals surface area contributed by atoms with E-state index < -0.39 is 24.3 Å². The van der Waals surface area contributed by atoms with Gasteiger partial charge in [-0.2, -0.15) is 0 Å². The summed E-state index contributed by atoms with van der Waals surface area (Å²) in [5, 5.41) is 8.69. The minimum absolute atomic E-state index is 0.138. The van der Waals surface area contributed by atoms with Gasteiger partial charge in [0.05, 0.1) is 6.61 Å². The van der Waals surface area contributed by atoms with Gasteiger partial charge in [0.2, 0.25) is 0 Å². The van der Waals surface area contributed by atoms with Gasteiger partial charge < -0.3 is 19.3 Å². The van der Waals surface area contributed by atoms with Gasteiger partial charge in [-0.05, 0) is 77.6 Å². The Morgan fingerprint density at radius 1 is 0.756 bits per heavy atom. The minimum atomic E-state index is -0.990. The number of rotatable bonds is 17. The number of ketones is 1. The van der Waals surface area contributed by atoms with Crippen LogP contribution >= 0.6 is 0 Å².